The maximum Gasteiger partial charge on any atom is 0.410 e. The van der Waals surface area contributed by atoms with Crippen LogP contribution in [0.1, 0.15) is 52.6 Å². The Balaban J connectivity index is 1.28. The van der Waals surface area contributed by atoms with Gasteiger partial charge in [-0.05, 0) is 44.1 Å². The van der Waals surface area contributed by atoms with Gasteiger partial charge in [0.05, 0.1) is 18.1 Å². The van der Waals surface area contributed by atoms with E-state index in [1.165, 1.54) is 0 Å². The lowest BCUT2D eigenvalue weighted by molar-refractivity contribution is 0.00129. The molecule has 3 amide bonds. The van der Waals surface area contributed by atoms with Gasteiger partial charge in [-0.25, -0.2) is 14.6 Å². The van der Waals surface area contributed by atoms with E-state index < -0.39 is 5.60 Å². The van der Waals surface area contributed by atoms with Crippen molar-refractivity contribution in [2.75, 3.05) is 32.7 Å². The quantitative estimate of drug-likeness (QED) is 0.394. The summed E-state index contributed by atoms with van der Waals surface area (Å²) in [5.74, 6) is 0.201. The largest absolute Gasteiger partial charge is 0.444 e. The molecule has 5 rings (SSSR count). The smallest absolute Gasteiger partial charge is 0.410 e. The summed E-state index contributed by atoms with van der Waals surface area (Å²) in [6, 6.07) is 20.9. The van der Waals surface area contributed by atoms with E-state index in [4.69, 9.17) is 4.74 Å². The first-order valence-electron chi connectivity index (χ1n) is 15.1. The molecule has 2 atom stereocenters. The molecule has 2 aliphatic rings. The second kappa shape index (κ2) is 12.2. The summed E-state index contributed by atoms with van der Waals surface area (Å²) in [6.45, 7) is 12.9. The number of rotatable bonds is 4. The molecule has 2 saturated heterocycles. The van der Waals surface area contributed by atoms with Gasteiger partial charge in [-0.1, -0.05) is 74.5 Å². The van der Waals surface area contributed by atoms with Gasteiger partial charge in [0.1, 0.15) is 5.60 Å². The molecule has 9 nitrogen and oxygen atoms in total. The molecule has 43 heavy (non-hydrogen) atoms. The minimum Gasteiger partial charge on any atom is -0.444 e. The van der Waals surface area contributed by atoms with Crippen molar-refractivity contribution in [3.05, 3.63) is 89.0 Å². The van der Waals surface area contributed by atoms with Crippen molar-refractivity contribution in [1.29, 1.82) is 0 Å². The van der Waals surface area contributed by atoms with Crippen molar-refractivity contribution in [1.82, 2.24) is 24.3 Å². The summed E-state index contributed by atoms with van der Waals surface area (Å²) < 4.78 is 7.34. The van der Waals surface area contributed by atoms with Gasteiger partial charge in [0.2, 0.25) is 0 Å². The molecular weight excluding hydrogens is 542 g/mol. The summed E-state index contributed by atoms with van der Waals surface area (Å²) in [4.78, 5) is 50.1. The Morgan fingerprint density at radius 1 is 0.953 bits per heavy atom. The predicted octanol–water partition coefficient (Wildman–Crippen LogP) is 5.67. The van der Waals surface area contributed by atoms with Crippen molar-refractivity contribution in [3.8, 4) is 11.3 Å². The first-order chi connectivity index (χ1) is 20.4. The Labute approximate surface area is 254 Å². The normalized spacial score (nSPS) is 20.5. The lowest BCUT2D eigenvalue weighted by Gasteiger charge is -2.48. The molecule has 0 N–H and O–H groups in total. The van der Waals surface area contributed by atoms with Gasteiger partial charge in [0, 0.05) is 50.9 Å². The van der Waals surface area contributed by atoms with Crippen molar-refractivity contribution in [2.45, 2.75) is 59.2 Å². The maximum atomic E-state index is 14.1. The van der Waals surface area contributed by atoms with E-state index in [0.29, 0.717) is 45.0 Å². The summed E-state index contributed by atoms with van der Waals surface area (Å²) in [5.41, 5.74) is 1.70. The Kier molecular flexibility index (Phi) is 8.62. The van der Waals surface area contributed by atoms with Crippen LogP contribution >= 0.6 is 0 Å². The third-order valence-electron chi connectivity index (χ3n) is 8.55. The third-order valence-corrected chi connectivity index (χ3v) is 8.55. The molecule has 9 heteroatoms. The van der Waals surface area contributed by atoms with Crippen LogP contribution in [0.2, 0.25) is 0 Å². The number of piperidine rings is 1. The van der Waals surface area contributed by atoms with E-state index >= 15 is 0 Å². The Hall–Kier alpha value is -4.14. The van der Waals surface area contributed by atoms with Crippen molar-refractivity contribution in [3.63, 3.8) is 0 Å². The molecule has 2 fully saturated rings. The number of benzene rings is 2. The molecule has 1 unspecified atom stereocenters. The lowest BCUT2D eigenvalue weighted by atomic mass is 9.74. The fourth-order valence-electron chi connectivity index (χ4n) is 6.12. The predicted molar refractivity (Wildman–Crippen MR) is 166 cm³/mol. The van der Waals surface area contributed by atoms with Crippen LogP contribution < -0.4 is 5.56 Å². The zero-order chi connectivity index (χ0) is 30.8. The average molecular weight is 586 g/mol. The molecule has 1 aromatic heterocycles. The number of hydrogen-bond acceptors (Lipinski definition) is 5. The summed E-state index contributed by atoms with van der Waals surface area (Å²) in [7, 11) is 0. The molecule has 228 valence electrons. The highest BCUT2D eigenvalue weighted by Gasteiger charge is 2.42. The fourth-order valence-corrected chi connectivity index (χ4v) is 6.12. The van der Waals surface area contributed by atoms with Gasteiger partial charge in [-0.15, -0.1) is 0 Å². The number of amides is 3. The number of aromatic nitrogens is 2. The van der Waals surface area contributed by atoms with Gasteiger partial charge in [0.15, 0.2) is 0 Å². The van der Waals surface area contributed by atoms with Crippen LogP contribution in [0, 0.1) is 11.3 Å². The number of carbonyl (C=O) groups excluding carboxylic acids is 2. The molecule has 0 saturated carbocycles. The van der Waals surface area contributed by atoms with E-state index in [9.17, 15) is 14.4 Å². The number of carbonyl (C=O) groups is 2. The summed E-state index contributed by atoms with van der Waals surface area (Å²) in [5, 5.41) is 0. The number of nitrogens with zero attached hydrogens (tertiary/aromatic N) is 5. The van der Waals surface area contributed by atoms with Crippen LogP contribution in [0.15, 0.2) is 77.9 Å². The number of ether oxygens (including phenoxy) is 1. The highest BCUT2D eigenvalue weighted by Crippen LogP contribution is 2.37. The van der Waals surface area contributed by atoms with Gasteiger partial charge in [0.25, 0.3) is 5.56 Å². The minimum absolute atomic E-state index is 0.0183. The zero-order valence-corrected chi connectivity index (χ0v) is 25.9. The molecule has 0 radical (unpaired) electrons. The Morgan fingerprint density at radius 2 is 1.63 bits per heavy atom. The van der Waals surface area contributed by atoms with E-state index in [2.05, 4.69) is 18.8 Å². The first-order valence-corrected chi connectivity index (χ1v) is 15.1. The summed E-state index contributed by atoms with van der Waals surface area (Å²) in [6.07, 6.45) is 2.07. The van der Waals surface area contributed by atoms with Gasteiger partial charge < -0.3 is 19.4 Å². The fraction of sp³-hybridized carbons (Fsp3) is 0.471. The van der Waals surface area contributed by atoms with E-state index in [1.54, 1.807) is 21.9 Å². The van der Waals surface area contributed by atoms with Gasteiger partial charge in [-0.2, -0.15) is 0 Å². The number of likely N-dealkylation sites (tertiary alicyclic amines) is 1. The number of piperazine rings is 1. The standard InChI is InChI=1S/C34H43N5O4/c1-33(2,3)43-32(42)36-18-19-39(29(22-36)26-14-10-7-11-15-26)31(41)37-17-16-27(34(4,5)23-37)21-38-24-35-28(20-30(38)40)25-12-8-6-9-13-25/h6-15,20,24,27,29H,16-19,21-23H2,1-5H3/t27?,29-/m0/s1. The van der Waals surface area contributed by atoms with Crippen LogP contribution in [0.25, 0.3) is 11.3 Å². The lowest BCUT2D eigenvalue weighted by Crippen LogP contribution is -2.58. The molecule has 2 aliphatic heterocycles. The maximum absolute atomic E-state index is 14.1. The van der Waals surface area contributed by atoms with Crippen LogP contribution in [0.4, 0.5) is 9.59 Å². The molecule has 0 aliphatic carbocycles. The highest BCUT2D eigenvalue weighted by molar-refractivity contribution is 5.76. The molecule has 3 aromatic rings. The third kappa shape index (κ3) is 7.09. The van der Waals surface area contributed by atoms with Gasteiger partial charge >= 0.3 is 12.1 Å². The van der Waals surface area contributed by atoms with Crippen molar-refractivity contribution >= 4 is 12.1 Å². The van der Waals surface area contributed by atoms with Crippen LogP contribution in [-0.2, 0) is 11.3 Å². The number of urea groups is 1. The molecule has 0 spiro atoms. The Bertz CT molecular complexity index is 1480. The van der Waals surface area contributed by atoms with E-state index in [-0.39, 0.29) is 35.1 Å². The minimum atomic E-state index is -0.590. The van der Waals surface area contributed by atoms with Crippen molar-refractivity contribution < 1.29 is 14.3 Å². The second-order valence-electron chi connectivity index (χ2n) is 13.4. The topological polar surface area (TPSA) is 88.0 Å². The average Bonchev–Trinajstić information content (AvgIpc) is 2.98. The summed E-state index contributed by atoms with van der Waals surface area (Å²) >= 11 is 0. The highest BCUT2D eigenvalue weighted by atomic mass is 16.6. The van der Waals surface area contributed by atoms with E-state index in [1.807, 2.05) is 91.2 Å². The molecule has 2 aromatic carbocycles. The number of hydrogen-bond donors (Lipinski definition) is 0. The second-order valence-corrected chi connectivity index (χ2v) is 13.4. The van der Waals surface area contributed by atoms with E-state index in [0.717, 1.165) is 17.5 Å². The van der Waals surface area contributed by atoms with Crippen LogP contribution in [0.3, 0.4) is 0 Å². The Morgan fingerprint density at radius 3 is 2.26 bits per heavy atom. The molecule has 3 heterocycles. The first kappa shape index (κ1) is 30.3. The zero-order valence-electron chi connectivity index (χ0n) is 25.9. The van der Waals surface area contributed by atoms with Gasteiger partial charge in [-0.3, -0.25) is 9.36 Å². The molecule has 0 bridgehead atoms. The molecular formula is C34H43N5O4. The van der Waals surface area contributed by atoms with Crippen molar-refractivity contribution in [2.24, 2.45) is 11.3 Å². The van der Waals surface area contributed by atoms with Crippen LogP contribution in [-0.4, -0.2) is 74.7 Å². The SMILES string of the molecule is CC(C)(C)OC(=O)N1CCN(C(=O)N2CCC(Cn3cnc(-c4ccccc4)cc3=O)C(C)(C)C2)[C@H](c2ccccc2)C1. The monoisotopic (exact) mass is 585 g/mol. The van der Waals surface area contributed by atoms with Crippen LogP contribution in [0.5, 0.6) is 0 Å².